The predicted octanol–water partition coefficient (Wildman–Crippen LogP) is 3.53. The second-order valence-electron chi connectivity index (χ2n) is 10.2. The summed E-state index contributed by atoms with van der Waals surface area (Å²) in [5.41, 5.74) is 1.16. The van der Waals surface area contributed by atoms with E-state index in [0.29, 0.717) is 45.9 Å². The minimum atomic E-state index is -4.31. The van der Waals surface area contributed by atoms with Gasteiger partial charge in [-0.3, -0.25) is 14.4 Å². The van der Waals surface area contributed by atoms with Crippen LogP contribution in [0.25, 0.3) is 0 Å². The van der Waals surface area contributed by atoms with E-state index >= 15 is 0 Å². The van der Waals surface area contributed by atoms with Gasteiger partial charge in [-0.25, -0.2) is 21.2 Å². The number of sulfonamides is 1. The molecule has 5 rings (SSSR count). The van der Waals surface area contributed by atoms with Crippen LogP contribution in [0.5, 0.6) is 0 Å². The first-order chi connectivity index (χ1) is 19.6. The summed E-state index contributed by atoms with van der Waals surface area (Å²) in [6.07, 6.45) is 1.53. The SMILES string of the molecule is O=C(C1CCOCC1)N1CCN(Cc2cccc(NS(=O)(=O)c3ccccc3S(=O)(=O)c3cccc(F)c3)c2)CC1. The van der Waals surface area contributed by atoms with Crippen LogP contribution >= 0.6 is 0 Å². The number of piperazine rings is 1. The van der Waals surface area contributed by atoms with Crippen LogP contribution in [0.4, 0.5) is 10.1 Å². The normalized spacial score (nSPS) is 17.3. The number of carbonyl (C=O) groups is 1. The second kappa shape index (κ2) is 12.3. The van der Waals surface area contributed by atoms with Crippen molar-refractivity contribution in [1.82, 2.24) is 9.80 Å². The topological polar surface area (TPSA) is 113 Å². The molecule has 0 aliphatic carbocycles. The van der Waals surface area contributed by atoms with Gasteiger partial charge in [0.05, 0.1) is 9.79 Å². The van der Waals surface area contributed by atoms with Crippen molar-refractivity contribution in [3.8, 4) is 0 Å². The molecule has 9 nitrogen and oxygen atoms in total. The molecular weight excluding hydrogens is 569 g/mol. The molecule has 0 unspecified atom stereocenters. The quantitative estimate of drug-likeness (QED) is 0.420. The van der Waals surface area contributed by atoms with Gasteiger partial charge in [0.15, 0.2) is 0 Å². The monoisotopic (exact) mass is 601 g/mol. The van der Waals surface area contributed by atoms with Crippen molar-refractivity contribution in [2.24, 2.45) is 5.92 Å². The molecule has 2 saturated heterocycles. The molecule has 0 atom stereocenters. The van der Waals surface area contributed by atoms with E-state index in [9.17, 15) is 26.0 Å². The molecule has 1 amide bonds. The Labute approximate surface area is 239 Å². The lowest BCUT2D eigenvalue weighted by Crippen LogP contribution is -2.50. The minimum Gasteiger partial charge on any atom is -0.381 e. The van der Waals surface area contributed by atoms with E-state index in [0.717, 1.165) is 30.5 Å². The summed E-state index contributed by atoms with van der Waals surface area (Å²) in [6.45, 7) is 4.51. The summed E-state index contributed by atoms with van der Waals surface area (Å²) >= 11 is 0. The molecule has 12 heteroatoms. The number of nitrogens with zero attached hydrogens (tertiary/aromatic N) is 2. The molecule has 2 fully saturated rings. The summed E-state index contributed by atoms with van der Waals surface area (Å²) in [5.74, 6) is -0.508. The first-order valence-corrected chi connectivity index (χ1v) is 16.4. The molecular formula is C29H32FN3O6S2. The Morgan fingerprint density at radius 2 is 1.54 bits per heavy atom. The van der Waals surface area contributed by atoms with Gasteiger partial charge in [0.1, 0.15) is 10.7 Å². The van der Waals surface area contributed by atoms with Crippen LogP contribution in [0.3, 0.4) is 0 Å². The van der Waals surface area contributed by atoms with Gasteiger partial charge < -0.3 is 9.64 Å². The van der Waals surface area contributed by atoms with Crippen molar-refractivity contribution >= 4 is 31.5 Å². The van der Waals surface area contributed by atoms with Crippen molar-refractivity contribution in [2.75, 3.05) is 44.1 Å². The fraction of sp³-hybridized carbons (Fsp3) is 0.345. The Bertz CT molecular complexity index is 1620. The summed E-state index contributed by atoms with van der Waals surface area (Å²) in [6, 6.07) is 16.6. The van der Waals surface area contributed by atoms with Gasteiger partial charge >= 0.3 is 0 Å². The van der Waals surface area contributed by atoms with Crippen LogP contribution < -0.4 is 4.72 Å². The van der Waals surface area contributed by atoms with Crippen molar-refractivity contribution in [2.45, 2.75) is 34.1 Å². The standard InChI is InChI=1S/C29H32FN3O6S2/c30-24-6-4-8-26(20-24)40(35,36)27-9-1-2-10-28(27)41(37,38)31-25-7-3-5-22(19-25)21-32-13-15-33(16-14-32)29(34)23-11-17-39-18-12-23/h1-10,19-20,23,31H,11-18,21H2. The molecule has 3 aromatic rings. The molecule has 2 heterocycles. The van der Waals surface area contributed by atoms with Gasteiger partial charge in [0, 0.05) is 57.5 Å². The third-order valence-electron chi connectivity index (χ3n) is 7.37. The van der Waals surface area contributed by atoms with Crippen LogP contribution in [-0.4, -0.2) is 71.9 Å². The van der Waals surface area contributed by atoms with Crippen molar-refractivity contribution in [1.29, 1.82) is 0 Å². The molecule has 2 aliphatic heterocycles. The molecule has 0 bridgehead atoms. The van der Waals surface area contributed by atoms with E-state index < -0.39 is 35.5 Å². The number of nitrogens with one attached hydrogen (secondary N) is 1. The number of amides is 1. The molecule has 0 saturated carbocycles. The lowest BCUT2D eigenvalue weighted by molar-refractivity contribution is -0.140. The third kappa shape index (κ3) is 6.78. The van der Waals surface area contributed by atoms with Crippen LogP contribution in [0.2, 0.25) is 0 Å². The Morgan fingerprint density at radius 3 is 2.24 bits per heavy atom. The number of halogens is 1. The average Bonchev–Trinajstić information content (AvgIpc) is 2.98. The fourth-order valence-corrected chi connectivity index (χ4v) is 8.35. The number of carbonyl (C=O) groups excluding carboxylic acids is 1. The summed E-state index contributed by atoms with van der Waals surface area (Å²) in [5, 5.41) is 0. The summed E-state index contributed by atoms with van der Waals surface area (Å²) in [4.78, 5) is 15.8. The lowest BCUT2D eigenvalue weighted by atomic mass is 9.98. The molecule has 0 spiro atoms. The number of rotatable bonds is 8. The molecule has 3 aromatic carbocycles. The molecule has 1 N–H and O–H groups in total. The molecule has 0 radical (unpaired) electrons. The van der Waals surface area contributed by atoms with E-state index in [1.54, 1.807) is 18.2 Å². The maximum atomic E-state index is 13.8. The number of anilines is 1. The first-order valence-electron chi connectivity index (χ1n) is 13.4. The highest BCUT2D eigenvalue weighted by Gasteiger charge is 2.30. The predicted molar refractivity (Wildman–Crippen MR) is 151 cm³/mol. The zero-order chi connectivity index (χ0) is 29.0. The van der Waals surface area contributed by atoms with Crippen molar-refractivity contribution in [3.05, 3.63) is 84.2 Å². The maximum absolute atomic E-state index is 13.8. The highest BCUT2D eigenvalue weighted by molar-refractivity contribution is 7.95. The minimum absolute atomic E-state index is 0.0361. The molecule has 2 aliphatic rings. The zero-order valence-corrected chi connectivity index (χ0v) is 24.0. The van der Waals surface area contributed by atoms with Gasteiger partial charge in [-0.05, 0) is 60.9 Å². The summed E-state index contributed by atoms with van der Waals surface area (Å²) < 4.78 is 74.9. The average molecular weight is 602 g/mol. The highest BCUT2D eigenvalue weighted by atomic mass is 32.2. The van der Waals surface area contributed by atoms with Gasteiger partial charge in [0.2, 0.25) is 15.7 Å². The zero-order valence-electron chi connectivity index (χ0n) is 22.4. The Hall–Kier alpha value is -3.32. The van der Waals surface area contributed by atoms with Crippen molar-refractivity contribution in [3.63, 3.8) is 0 Å². The van der Waals surface area contributed by atoms with E-state index in [1.807, 2.05) is 11.0 Å². The van der Waals surface area contributed by atoms with E-state index in [-0.39, 0.29) is 22.4 Å². The van der Waals surface area contributed by atoms with Gasteiger partial charge in [-0.2, -0.15) is 0 Å². The van der Waals surface area contributed by atoms with Gasteiger partial charge in [0.25, 0.3) is 10.0 Å². The van der Waals surface area contributed by atoms with Crippen LogP contribution in [0.1, 0.15) is 18.4 Å². The third-order valence-corrected chi connectivity index (χ3v) is 10.8. The number of hydrogen-bond acceptors (Lipinski definition) is 7. The first kappa shape index (κ1) is 29.2. The Kier molecular flexibility index (Phi) is 8.74. The van der Waals surface area contributed by atoms with Gasteiger partial charge in [-0.1, -0.05) is 30.3 Å². The van der Waals surface area contributed by atoms with Crippen LogP contribution in [0.15, 0.2) is 87.5 Å². The Morgan fingerprint density at radius 1 is 0.854 bits per heavy atom. The van der Waals surface area contributed by atoms with Crippen molar-refractivity contribution < 1.29 is 30.8 Å². The fourth-order valence-electron chi connectivity index (χ4n) is 5.19. The molecule has 0 aromatic heterocycles. The highest BCUT2D eigenvalue weighted by Crippen LogP contribution is 2.29. The number of sulfone groups is 1. The lowest BCUT2D eigenvalue weighted by Gasteiger charge is -2.37. The van der Waals surface area contributed by atoms with E-state index in [2.05, 4.69) is 9.62 Å². The summed E-state index contributed by atoms with van der Waals surface area (Å²) in [7, 11) is -8.63. The van der Waals surface area contributed by atoms with Gasteiger partial charge in [-0.15, -0.1) is 0 Å². The smallest absolute Gasteiger partial charge is 0.263 e. The van der Waals surface area contributed by atoms with E-state index in [4.69, 9.17) is 4.74 Å². The number of hydrogen-bond donors (Lipinski definition) is 1. The molecule has 41 heavy (non-hydrogen) atoms. The Balaban J connectivity index is 1.27. The second-order valence-corrected chi connectivity index (χ2v) is 13.8. The van der Waals surface area contributed by atoms with Crippen LogP contribution in [-0.2, 0) is 35.9 Å². The number of benzene rings is 3. The van der Waals surface area contributed by atoms with E-state index in [1.165, 1.54) is 36.4 Å². The number of ether oxygens (including phenoxy) is 1. The maximum Gasteiger partial charge on any atom is 0.263 e. The molecule has 218 valence electrons. The van der Waals surface area contributed by atoms with Crippen LogP contribution in [0, 0.1) is 11.7 Å². The largest absolute Gasteiger partial charge is 0.381 e.